The second-order valence-electron chi connectivity index (χ2n) is 5.87. The molecular weight excluding hydrogens is 272 g/mol. The van der Waals surface area contributed by atoms with E-state index < -0.39 is 0 Å². The highest BCUT2D eigenvalue weighted by Crippen LogP contribution is 2.40. The summed E-state index contributed by atoms with van der Waals surface area (Å²) >= 11 is 1.36. The molecular formula is C14H22N4OS. The van der Waals surface area contributed by atoms with Crippen molar-refractivity contribution < 1.29 is 4.79 Å². The van der Waals surface area contributed by atoms with Crippen LogP contribution in [0.1, 0.15) is 42.5 Å². The fourth-order valence-corrected chi connectivity index (χ4v) is 4.48. The smallest absolute Gasteiger partial charge is 0.257 e. The first kappa shape index (κ1) is 13.7. The zero-order valence-electron chi connectivity index (χ0n) is 11.9. The molecule has 0 spiro atoms. The number of carbonyl (C=O) groups excluding carboxylic acids is 1. The van der Waals surface area contributed by atoms with Gasteiger partial charge < -0.3 is 16.0 Å². The molecule has 6 heteroatoms. The number of fused-ring (bicyclic) bond motifs is 1. The van der Waals surface area contributed by atoms with Crippen LogP contribution < -0.4 is 16.0 Å². The Bertz CT molecular complexity index is 501. The molecule has 1 aliphatic heterocycles. The molecule has 3 N–H and O–H groups in total. The third-order valence-corrected chi connectivity index (χ3v) is 5.66. The quantitative estimate of drug-likeness (QED) is 0.876. The van der Waals surface area contributed by atoms with Gasteiger partial charge in [-0.3, -0.25) is 4.79 Å². The molecule has 1 saturated heterocycles. The Balaban J connectivity index is 1.81. The highest BCUT2D eigenvalue weighted by atomic mass is 32.1. The van der Waals surface area contributed by atoms with E-state index in [9.17, 15) is 4.79 Å². The summed E-state index contributed by atoms with van der Waals surface area (Å²) in [7, 11) is 1.64. The maximum atomic E-state index is 12.0. The number of nitrogen functional groups attached to an aromatic ring is 1. The first-order valence-corrected chi connectivity index (χ1v) is 8.20. The SMILES string of the molecule is CNC(=O)c1c(N)nsc1N1CCC2CCCCC2C1. The Labute approximate surface area is 123 Å². The van der Waals surface area contributed by atoms with Crippen molar-refractivity contribution in [2.24, 2.45) is 11.8 Å². The molecule has 1 aliphatic carbocycles. The van der Waals surface area contributed by atoms with Crippen LogP contribution in [-0.4, -0.2) is 30.4 Å². The van der Waals surface area contributed by atoms with Crippen LogP contribution in [0.3, 0.4) is 0 Å². The molecule has 110 valence electrons. The summed E-state index contributed by atoms with van der Waals surface area (Å²) in [6.45, 7) is 2.07. The van der Waals surface area contributed by atoms with Crippen LogP contribution >= 0.6 is 11.5 Å². The van der Waals surface area contributed by atoms with Gasteiger partial charge in [-0.2, -0.15) is 4.37 Å². The Kier molecular flexibility index (Phi) is 3.83. The van der Waals surface area contributed by atoms with Gasteiger partial charge in [0.2, 0.25) is 0 Å². The predicted octanol–water partition coefficient (Wildman–Crippen LogP) is 2.10. The third kappa shape index (κ3) is 2.37. The van der Waals surface area contributed by atoms with Crippen molar-refractivity contribution in [3.05, 3.63) is 5.56 Å². The van der Waals surface area contributed by atoms with Gasteiger partial charge >= 0.3 is 0 Å². The highest BCUT2D eigenvalue weighted by molar-refractivity contribution is 7.11. The first-order chi connectivity index (χ1) is 9.70. The number of hydrogen-bond acceptors (Lipinski definition) is 5. The van der Waals surface area contributed by atoms with Crippen LogP contribution in [0.25, 0.3) is 0 Å². The zero-order chi connectivity index (χ0) is 14.1. The van der Waals surface area contributed by atoms with Gasteiger partial charge in [-0.1, -0.05) is 19.3 Å². The molecule has 1 aromatic heterocycles. The van der Waals surface area contributed by atoms with Gasteiger partial charge in [0.25, 0.3) is 5.91 Å². The zero-order valence-corrected chi connectivity index (χ0v) is 12.7. The lowest BCUT2D eigenvalue weighted by Gasteiger charge is -2.41. The van der Waals surface area contributed by atoms with Gasteiger partial charge in [-0.25, -0.2) is 0 Å². The van der Waals surface area contributed by atoms with E-state index in [0.717, 1.165) is 29.9 Å². The van der Waals surface area contributed by atoms with E-state index in [0.29, 0.717) is 11.4 Å². The molecule has 2 aliphatic rings. The monoisotopic (exact) mass is 294 g/mol. The van der Waals surface area contributed by atoms with Crippen molar-refractivity contribution in [2.45, 2.75) is 32.1 Å². The molecule has 2 fully saturated rings. The molecule has 1 amide bonds. The van der Waals surface area contributed by atoms with Crippen LogP contribution in [0.15, 0.2) is 0 Å². The van der Waals surface area contributed by atoms with E-state index in [1.807, 2.05) is 0 Å². The molecule has 2 unspecified atom stereocenters. The minimum absolute atomic E-state index is 0.128. The number of piperidine rings is 1. The second kappa shape index (κ2) is 5.60. The average Bonchev–Trinajstić information content (AvgIpc) is 2.87. The number of carbonyl (C=O) groups is 1. The van der Waals surface area contributed by atoms with Crippen LogP contribution in [0.5, 0.6) is 0 Å². The van der Waals surface area contributed by atoms with Gasteiger partial charge in [-0.15, -0.1) is 0 Å². The molecule has 0 radical (unpaired) electrons. The molecule has 0 aromatic carbocycles. The topological polar surface area (TPSA) is 71.2 Å². The second-order valence-corrected chi connectivity index (χ2v) is 6.62. The largest absolute Gasteiger partial charge is 0.382 e. The average molecular weight is 294 g/mol. The minimum Gasteiger partial charge on any atom is -0.382 e. The van der Waals surface area contributed by atoms with E-state index in [-0.39, 0.29) is 5.91 Å². The number of nitrogens with one attached hydrogen (secondary N) is 1. The molecule has 2 heterocycles. The van der Waals surface area contributed by atoms with Gasteiger partial charge in [0.15, 0.2) is 5.82 Å². The fourth-order valence-electron chi connectivity index (χ4n) is 3.63. The maximum Gasteiger partial charge on any atom is 0.257 e. The molecule has 0 bridgehead atoms. The van der Waals surface area contributed by atoms with Crippen LogP contribution in [0.2, 0.25) is 0 Å². The Morgan fingerprint density at radius 2 is 2.10 bits per heavy atom. The summed E-state index contributed by atoms with van der Waals surface area (Å²) in [5.41, 5.74) is 6.43. The summed E-state index contributed by atoms with van der Waals surface area (Å²) < 4.78 is 4.18. The molecule has 1 aromatic rings. The van der Waals surface area contributed by atoms with Crippen molar-refractivity contribution >= 4 is 28.3 Å². The molecule has 3 rings (SSSR count). The number of anilines is 2. The molecule has 2 atom stereocenters. The van der Waals surface area contributed by atoms with E-state index >= 15 is 0 Å². The Hall–Kier alpha value is -1.30. The standard InChI is InChI=1S/C14H22N4OS/c1-16-13(19)11-12(15)17-20-14(11)18-7-6-9-4-2-3-5-10(9)8-18/h9-10H,2-8H2,1H3,(H2,15,17)(H,16,19). The lowest BCUT2D eigenvalue weighted by atomic mass is 9.75. The van der Waals surface area contributed by atoms with Gasteiger partial charge in [-0.05, 0) is 36.2 Å². The van der Waals surface area contributed by atoms with Crippen molar-refractivity contribution in [3.8, 4) is 0 Å². The fraction of sp³-hybridized carbons (Fsp3) is 0.714. The van der Waals surface area contributed by atoms with Crippen molar-refractivity contribution in [2.75, 3.05) is 30.8 Å². The maximum absolute atomic E-state index is 12.0. The van der Waals surface area contributed by atoms with Crippen molar-refractivity contribution in [3.63, 3.8) is 0 Å². The highest BCUT2D eigenvalue weighted by Gasteiger charge is 2.33. The van der Waals surface area contributed by atoms with Crippen molar-refractivity contribution in [1.82, 2.24) is 9.69 Å². The predicted molar refractivity (Wildman–Crippen MR) is 82.2 cm³/mol. The van der Waals surface area contributed by atoms with E-state index in [1.54, 1.807) is 7.05 Å². The summed E-state index contributed by atoms with van der Waals surface area (Å²) in [5.74, 6) is 1.89. The normalized spacial score (nSPS) is 26.1. The number of amides is 1. The molecule has 20 heavy (non-hydrogen) atoms. The molecule has 1 saturated carbocycles. The van der Waals surface area contributed by atoms with Gasteiger partial charge in [0.1, 0.15) is 10.6 Å². The van der Waals surface area contributed by atoms with Crippen molar-refractivity contribution in [1.29, 1.82) is 0 Å². The number of aromatic nitrogens is 1. The van der Waals surface area contributed by atoms with Crippen LogP contribution in [0.4, 0.5) is 10.8 Å². The van der Waals surface area contributed by atoms with Crippen LogP contribution in [-0.2, 0) is 0 Å². The minimum atomic E-state index is -0.128. The number of hydrogen-bond donors (Lipinski definition) is 2. The van der Waals surface area contributed by atoms with Gasteiger partial charge in [0.05, 0.1) is 0 Å². The number of nitrogens with zero attached hydrogens (tertiary/aromatic N) is 2. The lowest BCUT2D eigenvalue weighted by molar-refractivity contribution is 0.0964. The number of rotatable bonds is 2. The first-order valence-electron chi connectivity index (χ1n) is 7.43. The third-order valence-electron chi connectivity index (χ3n) is 4.73. The molecule has 5 nitrogen and oxygen atoms in total. The van der Waals surface area contributed by atoms with E-state index in [2.05, 4.69) is 14.6 Å². The Morgan fingerprint density at radius 3 is 2.85 bits per heavy atom. The summed E-state index contributed by atoms with van der Waals surface area (Å²) in [5, 5.41) is 3.61. The van der Waals surface area contributed by atoms with Crippen LogP contribution in [0, 0.1) is 11.8 Å². The van der Waals surface area contributed by atoms with E-state index in [4.69, 9.17) is 5.73 Å². The summed E-state index contributed by atoms with van der Waals surface area (Å²) in [4.78, 5) is 14.3. The summed E-state index contributed by atoms with van der Waals surface area (Å²) in [6, 6.07) is 0. The Morgan fingerprint density at radius 1 is 1.35 bits per heavy atom. The van der Waals surface area contributed by atoms with Gasteiger partial charge in [0, 0.05) is 20.1 Å². The lowest BCUT2D eigenvalue weighted by Crippen LogP contribution is -2.42. The number of nitrogens with two attached hydrogens (primary N) is 1. The van der Waals surface area contributed by atoms with E-state index in [1.165, 1.54) is 43.6 Å². The summed E-state index contributed by atoms with van der Waals surface area (Å²) in [6.07, 6.45) is 6.67.